The molecule has 3 N–H and O–H groups in total. The number of aryl methyl sites for hydroxylation is 1. The third-order valence-electron chi connectivity index (χ3n) is 4.42. The largest absolute Gasteiger partial charge is 0.354 e. The normalized spacial score (nSPS) is 19.2. The zero-order valence-electron chi connectivity index (χ0n) is 14.2. The van der Waals surface area contributed by atoms with Crippen molar-refractivity contribution in [3.8, 4) is 0 Å². The topological polar surface area (TPSA) is 92.5 Å². The molecule has 134 valence electrons. The lowest BCUT2D eigenvalue weighted by atomic mass is 10.1. The molecule has 1 heterocycles. The first-order valence-corrected chi connectivity index (χ1v) is 10.0. The van der Waals surface area contributed by atoms with Crippen LogP contribution < -0.4 is 11.1 Å². The van der Waals surface area contributed by atoms with Crippen molar-refractivity contribution < 1.29 is 13.2 Å². The predicted molar refractivity (Wildman–Crippen MR) is 94.0 cm³/mol. The highest BCUT2D eigenvalue weighted by atomic mass is 32.2. The van der Waals surface area contributed by atoms with Crippen LogP contribution in [0.1, 0.15) is 38.2 Å². The van der Waals surface area contributed by atoms with Gasteiger partial charge < -0.3 is 11.1 Å². The van der Waals surface area contributed by atoms with Crippen molar-refractivity contribution in [2.75, 3.05) is 19.6 Å². The maximum atomic E-state index is 13.1. The maximum absolute atomic E-state index is 13.1. The van der Waals surface area contributed by atoms with Gasteiger partial charge >= 0.3 is 0 Å². The van der Waals surface area contributed by atoms with Gasteiger partial charge in [-0.3, -0.25) is 4.79 Å². The SMILES string of the molecule is CCc1ccccc1S(=O)(=O)N1CCCCC1CNC(=O)CCN. The van der Waals surface area contributed by atoms with Crippen molar-refractivity contribution in [2.45, 2.75) is 50.0 Å². The number of benzene rings is 1. The Morgan fingerprint density at radius 3 is 2.79 bits per heavy atom. The first-order chi connectivity index (χ1) is 11.5. The van der Waals surface area contributed by atoms with Gasteiger partial charge in [-0.05, 0) is 30.9 Å². The molecule has 1 fully saturated rings. The van der Waals surface area contributed by atoms with Gasteiger partial charge in [-0.25, -0.2) is 8.42 Å². The number of amides is 1. The van der Waals surface area contributed by atoms with Gasteiger partial charge in [-0.15, -0.1) is 0 Å². The Morgan fingerprint density at radius 2 is 2.08 bits per heavy atom. The molecule has 6 nitrogen and oxygen atoms in total. The monoisotopic (exact) mass is 353 g/mol. The molecular weight excluding hydrogens is 326 g/mol. The molecule has 1 aliphatic heterocycles. The van der Waals surface area contributed by atoms with E-state index in [1.54, 1.807) is 16.4 Å². The van der Waals surface area contributed by atoms with Gasteiger partial charge in [0.25, 0.3) is 0 Å². The van der Waals surface area contributed by atoms with Crippen LogP contribution in [-0.2, 0) is 21.2 Å². The minimum atomic E-state index is -3.56. The standard InChI is InChI=1S/C17H27N3O3S/c1-2-14-7-3-4-9-16(14)24(22,23)20-12-6-5-8-15(20)13-19-17(21)10-11-18/h3-4,7,9,15H,2,5-6,8,10-13,18H2,1H3,(H,19,21). The van der Waals surface area contributed by atoms with E-state index in [2.05, 4.69) is 5.32 Å². The molecule has 24 heavy (non-hydrogen) atoms. The fraction of sp³-hybridized carbons (Fsp3) is 0.588. The maximum Gasteiger partial charge on any atom is 0.243 e. The van der Waals surface area contributed by atoms with E-state index in [1.807, 2.05) is 19.1 Å². The highest BCUT2D eigenvalue weighted by molar-refractivity contribution is 7.89. The van der Waals surface area contributed by atoms with Crippen molar-refractivity contribution in [1.82, 2.24) is 9.62 Å². The molecule has 0 bridgehead atoms. The molecule has 2 rings (SSSR count). The van der Waals surface area contributed by atoms with Crippen LogP contribution in [0.15, 0.2) is 29.2 Å². The number of piperidine rings is 1. The third-order valence-corrected chi connectivity index (χ3v) is 6.47. The molecule has 1 aromatic rings. The van der Waals surface area contributed by atoms with E-state index in [4.69, 9.17) is 5.73 Å². The fourth-order valence-electron chi connectivity index (χ4n) is 3.12. The van der Waals surface area contributed by atoms with Crippen LogP contribution in [0.5, 0.6) is 0 Å². The zero-order chi connectivity index (χ0) is 17.6. The summed E-state index contributed by atoms with van der Waals surface area (Å²) in [6.07, 6.45) is 3.51. The van der Waals surface area contributed by atoms with Gasteiger partial charge in [-0.2, -0.15) is 4.31 Å². The van der Waals surface area contributed by atoms with Crippen LogP contribution in [0.3, 0.4) is 0 Å². The average molecular weight is 353 g/mol. The second-order valence-electron chi connectivity index (χ2n) is 6.07. The minimum absolute atomic E-state index is 0.130. The first kappa shape index (κ1) is 18.9. The molecule has 1 aliphatic rings. The summed E-state index contributed by atoms with van der Waals surface area (Å²) in [5.41, 5.74) is 6.20. The van der Waals surface area contributed by atoms with E-state index < -0.39 is 10.0 Å². The molecular formula is C17H27N3O3S. The van der Waals surface area contributed by atoms with Crippen LogP contribution in [0.2, 0.25) is 0 Å². The Bertz CT molecular complexity index is 661. The van der Waals surface area contributed by atoms with Crippen molar-refractivity contribution in [2.24, 2.45) is 5.73 Å². The number of rotatable bonds is 7. The van der Waals surface area contributed by atoms with E-state index >= 15 is 0 Å². The minimum Gasteiger partial charge on any atom is -0.354 e. The van der Waals surface area contributed by atoms with Gasteiger partial charge in [0.05, 0.1) is 4.90 Å². The molecule has 0 radical (unpaired) electrons. The first-order valence-electron chi connectivity index (χ1n) is 8.57. The van der Waals surface area contributed by atoms with Gasteiger partial charge in [0.1, 0.15) is 0 Å². The molecule has 1 unspecified atom stereocenters. The van der Waals surface area contributed by atoms with E-state index in [9.17, 15) is 13.2 Å². The number of carbonyl (C=O) groups excluding carboxylic acids is 1. The zero-order valence-corrected chi connectivity index (χ0v) is 15.0. The molecule has 7 heteroatoms. The second kappa shape index (κ2) is 8.60. The fourth-order valence-corrected chi connectivity index (χ4v) is 5.11. The lowest BCUT2D eigenvalue weighted by Crippen LogP contribution is -2.49. The summed E-state index contributed by atoms with van der Waals surface area (Å²) in [7, 11) is -3.56. The Kier molecular flexibility index (Phi) is 6.77. The van der Waals surface area contributed by atoms with Crippen LogP contribution >= 0.6 is 0 Å². The Labute approximate surface area is 144 Å². The van der Waals surface area contributed by atoms with Crippen molar-refractivity contribution in [3.05, 3.63) is 29.8 Å². The molecule has 1 aromatic carbocycles. The van der Waals surface area contributed by atoms with Crippen LogP contribution in [0, 0.1) is 0 Å². The number of nitrogens with two attached hydrogens (primary N) is 1. The molecule has 1 atom stereocenters. The summed E-state index contributed by atoms with van der Waals surface area (Å²) in [5.74, 6) is -0.130. The number of hydrogen-bond acceptors (Lipinski definition) is 4. The molecule has 0 saturated carbocycles. The summed E-state index contributed by atoms with van der Waals surface area (Å²) in [6, 6.07) is 6.95. The second-order valence-corrected chi connectivity index (χ2v) is 7.93. The number of carbonyl (C=O) groups is 1. The molecule has 1 amide bonds. The number of nitrogens with zero attached hydrogens (tertiary/aromatic N) is 1. The van der Waals surface area contributed by atoms with E-state index in [-0.39, 0.29) is 18.4 Å². The van der Waals surface area contributed by atoms with Crippen molar-refractivity contribution in [3.63, 3.8) is 0 Å². The predicted octanol–water partition coefficient (Wildman–Crippen LogP) is 1.26. The quantitative estimate of drug-likeness (QED) is 0.772. The van der Waals surface area contributed by atoms with Gasteiger partial charge in [-0.1, -0.05) is 31.5 Å². The molecule has 0 aromatic heterocycles. The Morgan fingerprint density at radius 1 is 1.33 bits per heavy atom. The van der Waals surface area contributed by atoms with Gasteiger partial charge in [0.2, 0.25) is 15.9 Å². The van der Waals surface area contributed by atoms with E-state index in [1.165, 1.54) is 0 Å². The molecule has 0 spiro atoms. The molecule has 1 saturated heterocycles. The van der Waals surface area contributed by atoms with Crippen molar-refractivity contribution in [1.29, 1.82) is 0 Å². The lowest BCUT2D eigenvalue weighted by Gasteiger charge is -2.35. The number of nitrogens with one attached hydrogen (secondary N) is 1. The summed E-state index contributed by atoms with van der Waals surface area (Å²) < 4.78 is 27.8. The van der Waals surface area contributed by atoms with Crippen LogP contribution in [0.25, 0.3) is 0 Å². The Balaban J connectivity index is 2.20. The third kappa shape index (κ3) is 4.34. The van der Waals surface area contributed by atoms with Gasteiger partial charge in [0.15, 0.2) is 0 Å². The number of hydrogen-bond donors (Lipinski definition) is 2. The lowest BCUT2D eigenvalue weighted by molar-refractivity contribution is -0.121. The van der Waals surface area contributed by atoms with Gasteiger partial charge in [0, 0.05) is 32.1 Å². The highest BCUT2D eigenvalue weighted by Gasteiger charge is 2.34. The van der Waals surface area contributed by atoms with Crippen LogP contribution in [-0.4, -0.2) is 44.3 Å². The summed E-state index contributed by atoms with van der Waals surface area (Å²) in [4.78, 5) is 12.0. The highest BCUT2D eigenvalue weighted by Crippen LogP contribution is 2.27. The average Bonchev–Trinajstić information content (AvgIpc) is 2.60. The Hall–Kier alpha value is -1.44. The summed E-state index contributed by atoms with van der Waals surface area (Å²) >= 11 is 0. The smallest absolute Gasteiger partial charge is 0.243 e. The summed E-state index contributed by atoms with van der Waals surface area (Å²) in [5, 5.41) is 2.81. The number of sulfonamides is 1. The van der Waals surface area contributed by atoms with E-state index in [0.717, 1.165) is 24.8 Å². The van der Waals surface area contributed by atoms with Crippen LogP contribution in [0.4, 0.5) is 0 Å². The van der Waals surface area contributed by atoms with E-state index in [0.29, 0.717) is 31.0 Å². The summed E-state index contributed by atoms with van der Waals surface area (Å²) in [6.45, 7) is 3.08. The molecule has 0 aliphatic carbocycles. The van der Waals surface area contributed by atoms with Crippen molar-refractivity contribution >= 4 is 15.9 Å².